The molecule has 2 aliphatic rings. The summed E-state index contributed by atoms with van der Waals surface area (Å²) >= 11 is 0. The number of rotatable bonds is 8. The molecule has 1 amide bonds. The van der Waals surface area contributed by atoms with E-state index < -0.39 is 0 Å². The summed E-state index contributed by atoms with van der Waals surface area (Å²) in [5.74, 6) is 1.95. The standard InChI is InChI=1S/C29H35N3O4/c1-2-29(33)32-12-9-25(10-13-32)36-24-7-5-22(6-8-24)26-21-27-23(4-3-11-30-27)20-28(26)35-19-16-31-14-17-34-18-15-31/h3-8,11,20-21,25H,2,9-10,12-19H2,1H3. The average molecular weight is 490 g/mol. The largest absolute Gasteiger partial charge is 0.492 e. The lowest BCUT2D eigenvalue weighted by Crippen LogP contribution is -2.41. The van der Waals surface area contributed by atoms with Gasteiger partial charge in [-0.15, -0.1) is 0 Å². The molecule has 2 aromatic carbocycles. The molecule has 7 heteroatoms. The summed E-state index contributed by atoms with van der Waals surface area (Å²) in [4.78, 5) is 20.8. The Morgan fingerprint density at radius 2 is 1.83 bits per heavy atom. The number of fused-ring (bicyclic) bond motifs is 1. The smallest absolute Gasteiger partial charge is 0.222 e. The van der Waals surface area contributed by atoms with Gasteiger partial charge in [-0.2, -0.15) is 0 Å². The first-order chi connectivity index (χ1) is 17.7. The van der Waals surface area contributed by atoms with Crippen LogP contribution in [0.1, 0.15) is 26.2 Å². The number of amides is 1. The maximum atomic E-state index is 11.9. The van der Waals surface area contributed by atoms with Crippen LogP contribution in [0.2, 0.25) is 0 Å². The summed E-state index contributed by atoms with van der Waals surface area (Å²) < 4.78 is 18.0. The lowest BCUT2D eigenvalue weighted by molar-refractivity contribution is -0.132. The zero-order chi connectivity index (χ0) is 24.7. The molecule has 2 aliphatic heterocycles. The zero-order valence-electron chi connectivity index (χ0n) is 21.0. The minimum atomic E-state index is 0.140. The molecule has 0 saturated carbocycles. The van der Waals surface area contributed by atoms with E-state index in [1.807, 2.05) is 36.2 Å². The van der Waals surface area contributed by atoms with E-state index in [1.165, 1.54) is 0 Å². The van der Waals surface area contributed by atoms with Gasteiger partial charge in [-0.05, 0) is 35.9 Å². The molecule has 36 heavy (non-hydrogen) atoms. The van der Waals surface area contributed by atoms with Crippen LogP contribution < -0.4 is 9.47 Å². The summed E-state index contributed by atoms with van der Waals surface area (Å²) in [6, 6.07) is 16.4. The Morgan fingerprint density at radius 3 is 2.58 bits per heavy atom. The Hall–Kier alpha value is -3.16. The van der Waals surface area contributed by atoms with Crippen LogP contribution in [0.5, 0.6) is 11.5 Å². The molecule has 190 valence electrons. The van der Waals surface area contributed by atoms with E-state index in [-0.39, 0.29) is 12.0 Å². The molecule has 0 N–H and O–H groups in total. The maximum absolute atomic E-state index is 11.9. The fourth-order valence-corrected chi connectivity index (χ4v) is 4.91. The van der Waals surface area contributed by atoms with E-state index in [2.05, 4.69) is 40.2 Å². The van der Waals surface area contributed by atoms with Crippen molar-refractivity contribution < 1.29 is 19.0 Å². The Bertz CT molecular complexity index is 1150. The number of morpholine rings is 1. The van der Waals surface area contributed by atoms with Crippen LogP contribution in [-0.2, 0) is 9.53 Å². The Labute approximate surface area is 213 Å². The third kappa shape index (κ3) is 5.97. The molecule has 1 aromatic heterocycles. The second-order valence-electron chi connectivity index (χ2n) is 9.42. The van der Waals surface area contributed by atoms with Gasteiger partial charge in [-0.3, -0.25) is 14.7 Å². The highest BCUT2D eigenvalue weighted by Gasteiger charge is 2.23. The number of hydrogen-bond donors (Lipinski definition) is 0. The van der Waals surface area contributed by atoms with Gasteiger partial charge in [0, 0.05) is 69.1 Å². The van der Waals surface area contributed by atoms with Gasteiger partial charge in [0.15, 0.2) is 0 Å². The molecule has 2 fully saturated rings. The molecule has 0 bridgehead atoms. The van der Waals surface area contributed by atoms with Gasteiger partial charge in [0.1, 0.15) is 24.2 Å². The van der Waals surface area contributed by atoms with Gasteiger partial charge in [0.05, 0.1) is 18.7 Å². The zero-order valence-corrected chi connectivity index (χ0v) is 21.0. The Balaban J connectivity index is 1.27. The number of nitrogens with zero attached hydrogens (tertiary/aromatic N) is 3. The van der Waals surface area contributed by atoms with Gasteiger partial charge < -0.3 is 19.1 Å². The van der Waals surface area contributed by atoms with Crippen LogP contribution >= 0.6 is 0 Å². The third-order valence-corrected chi connectivity index (χ3v) is 7.04. The second kappa shape index (κ2) is 11.7. The molecule has 3 heterocycles. The van der Waals surface area contributed by atoms with Crippen LogP contribution in [0.25, 0.3) is 22.0 Å². The molecular weight excluding hydrogens is 454 g/mol. The van der Waals surface area contributed by atoms with Crippen LogP contribution in [0.4, 0.5) is 0 Å². The normalized spacial score (nSPS) is 17.3. The summed E-state index contributed by atoms with van der Waals surface area (Å²) in [5.41, 5.74) is 3.04. The topological polar surface area (TPSA) is 64.1 Å². The molecular formula is C29H35N3O4. The Morgan fingerprint density at radius 1 is 1.06 bits per heavy atom. The van der Waals surface area contributed by atoms with E-state index in [0.29, 0.717) is 13.0 Å². The quantitative estimate of drug-likeness (QED) is 0.468. The molecule has 7 nitrogen and oxygen atoms in total. The molecule has 0 atom stereocenters. The van der Waals surface area contributed by atoms with Crippen molar-refractivity contribution in [2.75, 3.05) is 52.5 Å². The summed E-state index contributed by atoms with van der Waals surface area (Å²) in [5, 5.41) is 1.07. The first kappa shape index (κ1) is 24.5. The van der Waals surface area contributed by atoms with E-state index in [4.69, 9.17) is 14.2 Å². The van der Waals surface area contributed by atoms with Crippen LogP contribution in [0.3, 0.4) is 0 Å². The van der Waals surface area contributed by atoms with Crippen LogP contribution in [0, 0.1) is 0 Å². The summed E-state index contributed by atoms with van der Waals surface area (Å²) in [7, 11) is 0. The number of pyridine rings is 1. The molecule has 0 spiro atoms. The predicted molar refractivity (Wildman–Crippen MR) is 140 cm³/mol. The number of piperidine rings is 1. The number of likely N-dealkylation sites (tertiary alicyclic amines) is 1. The SMILES string of the molecule is CCC(=O)N1CCC(Oc2ccc(-c3cc4ncccc4cc3OCCN3CCOCC3)cc2)CC1. The lowest BCUT2D eigenvalue weighted by Gasteiger charge is -2.32. The van der Waals surface area contributed by atoms with Crippen molar-refractivity contribution in [3.8, 4) is 22.6 Å². The van der Waals surface area contributed by atoms with E-state index in [0.717, 1.165) is 92.3 Å². The Kier molecular flexibility index (Phi) is 7.98. The summed E-state index contributed by atoms with van der Waals surface area (Å²) in [6.07, 6.45) is 4.26. The molecule has 0 unspecified atom stereocenters. The van der Waals surface area contributed by atoms with Crippen molar-refractivity contribution in [3.63, 3.8) is 0 Å². The average Bonchev–Trinajstić information content (AvgIpc) is 2.94. The van der Waals surface area contributed by atoms with Gasteiger partial charge in [-0.25, -0.2) is 0 Å². The van der Waals surface area contributed by atoms with Gasteiger partial charge >= 0.3 is 0 Å². The molecule has 5 rings (SSSR count). The monoisotopic (exact) mass is 489 g/mol. The molecule has 0 radical (unpaired) electrons. The number of ether oxygens (including phenoxy) is 3. The minimum absolute atomic E-state index is 0.140. The van der Waals surface area contributed by atoms with E-state index in [9.17, 15) is 4.79 Å². The first-order valence-corrected chi connectivity index (χ1v) is 13.1. The second-order valence-corrected chi connectivity index (χ2v) is 9.42. The van der Waals surface area contributed by atoms with Gasteiger partial charge in [0.25, 0.3) is 0 Å². The van der Waals surface area contributed by atoms with Crippen molar-refractivity contribution >= 4 is 16.8 Å². The van der Waals surface area contributed by atoms with E-state index in [1.54, 1.807) is 0 Å². The van der Waals surface area contributed by atoms with Crippen molar-refractivity contribution in [3.05, 3.63) is 54.7 Å². The number of benzene rings is 2. The van der Waals surface area contributed by atoms with Crippen molar-refractivity contribution in [2.45, 2.75) is 32.3 Å². The van der Waals surface area contributed by atoms with Gasteiger partial charge in [0.2, 0.25) is 5.91 Å². The van der Waals surface area contributed by atoms with Gasteiger partial charge in [-0.1, -0.05) is 25.1 Å². The number of carbonyl (C=O) groups is 1. The number of aromatic nitrogens is 1. The highest BCUT2D eigenvalue weighted by atomic mass is 16.5. The molecule has 3 aromatic rings. The fourth-order valence-electron chi connectivity index (χ4n) is 4.91. The van der Waals surface area contributed by atoms with Crippen LogP contribution in [0.15, 0.2) is 54.7 Å². The van der Waals surface area contributed by atoms with Crippen molar-refractivity contribution in [2.24, 2.45) is 0 Å². The maximum Gasteiger partial charge on any atom is 0.222 e. The molecule has 2 saturated heterocycles. The lowest BCUT2D eigenvalue weighted by atomic mass is 10.0. The number of hydrogen-bond acceptors (Lipinski definition) is 6. The van der Waals surface area contributed by atoms with Crippen molar-refractivity contribution in [1.29, 1.82) is 0 Å². The third-order valence-electron chi connectivity index (χ3n) is 7.04. The highest BCUT2D eigenvalue weighted by Crippen LogP contribution is 2.35. The first-order valence-electron chi connectivity index (χ1n) is 13.1. The van der Waals surface area contributed by atoms with Crippen molar-refractivity contribution in [1.82, 2.24) is 14.8 Å². The minimum Gasteiger partial charge on any atom is -0.492 e. The van der Waals surface area contributed by atoms with Crippen LogP contribution in [-0.4, -0.2) is 79.3 Å². The fraction of sp³-hybridized carbons (Fsp3) is 0.448. The van der Waals surface area contributed by atoms with E-state index >= 15 is 0 Å². The highest BCUT2D eigenvalue weighted by molar-refractivity contribution is 5.88. The number of carbonyl (C=O) groups excluding carboxylic acids is 1. The summed E-state index contributed by atoms with van der Waals surface area (Å²) in [6.45, 7) is 8.44. The molecule has 0 aliphatic carbocycles. The predicted octanol–water partition coefficient (Wildman–Crippen LogP) is 4.39.